The quantitative estimate of drug-likeness (QED) is 0.808. The third-order valence-electron chi connectivity index (χ3n) is 4.74. The first kappa shape index (κ1) is 14.6. The van der Waals surface area contributed by atoms with Crippen molar-refractivity contribution in [2.24, 2.45) is 5.92 Å². The van der Waals surface area contributed by atoms with Crippen molar-refractivity contribution in [3.8, 4) is 0 Å². The van der Waals surface area contributed by atoms with Crippen LogP contribution in [0.25, 0.3) is 0 Å². The normalized spacial score (nSPS) is 27.7. The lowest BCUT2D eigenvalue weighted by atomic mass is 9.74. The summed E-state index contributed by atoms with van der Waals surface area (Å²) < 4.78 is 0. The molecule has 0 amide bonds. The average Bonchev–Trinajstić information content (AvgIpc) is 2.42. The maximum atomic E-state index is 10.9. The van der Waals surface area contributed by atoms with E-state index in [1.54, 1.807) is 0 Å². The maximum Gasteiger partial charge on any atom is 0.0896 e. The van der Waals surface area contributed by atoms with Gasteiger partial charge < -0.3 is 5.11 Å². The Balaban J connectivity index is 2.05. The molecule has 1 aliphatic rings. The first-order valence-corrected chi connectivity index (χ1v) is 7.88. The van der Waals surface area contributed by atoms with Crippen LogP contribution in [-0.2, 0) is 5.60 Å². The van der Waals surface area contributed by atoms with E-state index in [1.165, 1.54) is 31.2 Å². The third kappa shape index (κ3) is 3.39. The van der Waals surface area contributed by atoms with E-state index in [-0.39, 0.29) is 0 Å². The van der Waals surface area contributed by atoms with Gasteiger partial charge in [-0.2, -0.15) is 0 Å². The van der Waals surface area contributed by atoms with Crippen LogP contribution < -0.4 is 0 Å². The molecular weight excluding hydrogens is 232 g/mol. The lowest BCUT2D eigenvalue weighted by Crippen LogP contribution is -2.31. The van der Waals surface area contributed by atoms with Gasteiger partial charge in [0.05, 0.1) is 5.60 Å². The molecule has 1 N–H and O–H groups in total. The monoisotopic (exact) mass is 260 g/mol. The molecule has 1 nitrogen and oxygen atoms in total. The Bertz CT molecular complexity index is 383. The van der Waals surface area contributed by atoms with Gasteiger partial charge in [-0.25, -0.2) is 0 Å². The van der Waals surface area contributed by atoms with Gasteiger partial charge in [-0.05, 0) is 48.6 Å². The van der Waals surface area contributed by atoms with Crippen LogP contribution in [0, 0.1) is 5.92 Å². The van der Waals surface area contributed by atoms with Gasteiger partial charge >= 0.3 is 0 Å². The summed E-state index contributed by atoms with van der Waals surface area (Å²) in [5.74, 6) is 1.39. The Kier molecular flexibility index (Phi) is 4.67. The molecule has 1 aliphatic carbocycles. The van der Waals surface area contributed by atoms with Gasteiger partial charge in [0.2, 0.25) is 0 Å². The highest BCUT2D eigenvalue weighted by Crippen LogP contribution is 2.41. The van der Waals surface area contributed by atoms with Gasteiger partial charge in [-0.3, -0.25) is 0 Å². The molecule has 0 unspecified atom stereocenters. The second-order valence-corrected chi connectivity index (χ2v) is 6.54. The standard InChI is InChI=1S/C18H28O/c1-4-5-15-10-12-18(19,13-11-15)17-8-6-16(7-9-17)14(2)3/h6-9,14-15,19H,4-5,10-13H2,1-3H3. The summed E-state index contributed by atoms with van der Waals surface area (Å²) >= 11 is 0. The Morgan fingerprint density at radius 2 is 1.74 bits per heavy atom. The largest absolute Gasteiger partial charge is 0.385 e. The second kappa shape index (κ2) is 6.09. The van der Waals surface area contributed by atoms with E-state index >= 15 is 0 Å². The van der Waals surface area contributed by atoms with Gasteiger partial charge in [0.25, 0.3) is 0 Å². The van der Waals surface area contributed by atoms with E-state index in [2.05, 4.69) is 45.0 Å². The van der Waals surface area contributed by atoms with Gasteiger partial charge in [0.15, 0.2) is 0 Å². The van der Waals surface area contributed by atoms with Gasteiger partial charge in [0, 0.05) is 0 Å². The minimum Gasteiger partial charge on any atom is -0.385 e. The zero-order chi connectivity index (χ0) is 13.9. The summed E-state index contributed by atoms with van der Waals surface area (Å²) in [5.41, 5.74) is 1.90. The van der Waals surface area contributed by atoms with Gasteiger partial charge in [-0.15, -0.1) is 0 Å². The van der Waals surface area contributed by atoms with Crippen molar-refractivity contribution in [1.82, 2.24) is 0 Å². The highest BCUT2D eigenvalue weighted by molar-refractivity contribution is 5.29. The first-order valence-electron chi connectivity index (χ1n) is 7.88. The van der Waals surface area contributed by atoms with Crippen molar-refractivity contribution in [3.05, 3.63) is 35.4 Å². The minimum absolute atomic E-state index is 0.559. The molecule has 0 heterocycles. The fourth-order valence-electron chi connectivity index (χ4n) is 3.32. The predicted molar refractivity (Wildman–Crippen MR) is 81.3 cm³/mol. The van der Waals surface area contributed by atoms with Crippen LogP contribution in [-0.4, -0.2) is 5.11 Å². The fraction of sp³-hybridized carbons (Fsp3) is 0.667. The Labute approximate surface area is 118 Å². The number of hydrogen-bond acceptors (Lipinski definition) is 1. The number of aliphatic hydroxyl groups is 1. The van der Waals surface area contributed by atoms with Crippen LogP contribution in [0.4, 0.5) is 0 Å². The molecule has 0 aromatic heterocycles. The minimum atomic E-state index is -0.570. The van der Waals surface area contributed by atoms with Crippen LogP contribution in [0.2, 0.25) is 0 Å². The summed E-state index contributed by atoms with van der Waals surface area (Å²) in [6.07, 6.45) is 6.80. The summed E-state index contributed by atoms with van der Waals surface area (Å²) in [7, 11) is 0. The van der Waals surface area contributed by atoms with Crippen molar-refractivity contribution in [3.63, 3.8) is 0 Å². The second-order valence-electron chi connectivity index (χ2n) is 6.54. The molecule has 1 aromatic rings. The molecule has 19 heavy (non-hydrogen) atoms. The lowest BCUT2D eigenvalue weighted by molar-refractivity contribution is -0.0152. The van der Waals surface area contributed by atoms with Crippen molar-refractivity contribution in [2.75, 3.05) is 0 Å². The van der Waals surface area contributed by atoms with E-state index in [0.717, 1.165) is 24.3 Å². The van der Waals surface area contributed by atoms with E-state index in [9.17, 15) is 5.11 Å². The van der Waals surface area contributed by atoms with Gasteiger partial charge in [-0.1, -0.05) is 57.9 Å². The van der Waals surface area contributed by atoms with Crippen molar-refractivity contribution in [2.45, 2.75) is 70.8 Å². The van der Waals surface area contributed by atoms with E-state index in [0.29, 0.717) is 5.92 Å². The molecule has 1 aromatic carbocycles. The molecule has 0 radical (unpaired) electrons. The SMILES string of the molecule is CCCC1CCC(O)(c2ccc(C(C)C)cc2)CC1. The molecule has 106 valence electrons. The molecule has 1 saturated carbocycles. The summed E-state index contributed by atoms with van der Waals surface area (Å²) in [4.78, 5) is 0. The molecule has 2 rings (SSSR count). The van der Waals surface area contributed by atoms with Crippen LogP contribution in [0.15, 0.2) is 24.3 Å². The van der Waals surface area contributed by atoms with Gasteiger partial charge in [0.1, 0.15) is 0 Å². The molecule has 1 fully saturated rings. The predicted octanol–water partition coefficient (Wildman–Crippen LogP) is 4.99. The van der Waals surface area contributed by atoms with Crippen LogP contribution in [0.1, 0.15) is 76.3 Å². The fourth-order valence-corrected chi connectivity index (χ4v) is 3.32. The van der Waals surface area contributed by atoms with E-state index in [4.69, 9.17) is 0 Å². The Hall–Kier alpha value is -0.820. The Morgan fingerprint density at radius 3 is 2.21 bits per heavy atom. The molecule has 0 spiro atoms. The topological polar surface area (TPSA) is 20.2 Å². The number of rotatable bonds is 4. The highest BCUT2D eigenvalue weighted by Gasteiger charge is 2.34. The van der Waals surface area contributed by atoms with Crippen LogP contribution >= 0.6 is 0 Å². The van der Waals surface area contributed by atoms with E-state index in [1.807, 2.05) is 0 Å². The number of benzene rings is 1. The summed E-state index contributed by atoms with van der Waals surface area (Å²) in [6.45, 7) is 6.67. The summed E-state index contributed by atoms with van der Waals surface area (Å²) in [6, 6.07) is 8.62. The third-order valence-corrected chi connectivity index (χ3v) is 4.74. The molecule has 1 heteroatoms. The van der Waals surface area contributed by atoms with Crippen molar-refractivity contribution in [1.29, 1.82) is 0 Å². The average molecular weight is 260 g/mol. The smallest absolute Gasteiger partial charge is 0.0896 e. The Morgan fingerprint density at radius 1 is 1.16 bits per heavy atom. The molecule has 0 atom stereocenters. The zero-order valence-electron chi connectivity index (χ0n) is 12.7. The number of hydrogen-bond donors (Lipinski definition) is 1. The molecule has 0 saturated heterocycles. The summed E-state index contributed by atoms with van der Waals surface area (Å²) in [5, 5.41) is 10.9. The van der Waals surface area contributed by atoms with Crippen LogP contribution in [0.3, 0.4) is 0 Å². The maximum absolute atomic E-state index is 10.9. The van der Waals surface area contributed by atoms with Crippen molar-refractivity contribution >= 4 is 0 Å². The van der Waals surface area contributed by atoms with E-state index < -0.39 is 5.60 Å². The highest BCUT2D eigenvalue weighted by atomic mass is 16.3. The molecule has 0 aliphatic heterocycles. The first-order chi connectivity index (χ1) is 9.05. The van der Waals surface area contributed by atoms with Crippen LogP contribution in [0.5, 0.6) is 0 Å². The molecule has 0 bridgehead atoms. The van der Waals surface area contributed by atoms with Crippen molar-refractivity contribution < 1.29 is 5.11 Å². The molecular formula is C18H28O. The lowest BCUT2D eigenvalue weighted by Gasteiger charge is -2.36. The zero-order valence-corrected chi connectivity index (χ0v) is 12.7.